The van der Waals surface area contributed by atoms with E-state index in [-0.39, 0.29) is 5.91 Å². The van der Waals surface area contributed by atoms with Gasteiger partial charge in [-0.1, -0.05) is 0 Å². The van der Waals surface area contributed by atoms with Crippen LogP contribution in [-0.2, 0) is 11.2 Å². The number of aromatic amines is 1. The molecular formula is C15H20N2O3. The summed E-state index contributed by atoms with van der Waals surface area (Å²) in [6.45, 7) is 2.19. The highest BCUT2D eigenvalue weighted by Crippen LogP contribution is 2.23. The highest BCUT2D eigenvalue weighted by Gasteiger charge is 2.09. The van der Waals surface area contributed by atoms with Gasteiger partial charge in [0, 0.05) is 23.6 Å². The van der Waals surface area contributed by atoms with E-state index in [1.807, 2.05) is 24.4 Å². The van der Waals surface area contributed by atoms with Crippen molar-refractivity contribution in [3.63, 3.8) is 0 Å². The molecule has 3 N–H and O–H groups in total. The Labute approximate surface area is 117 Å². The first-order valence-corrected chi connectivity index (χ1v) is 6.69. The van der Waals surface area contributed by atoms with Crippen LogP contribution in [0.25, 0.3) is 10.9 Å². The molecule has 0 saturated carbocycles. The van der Waals surface area contributed by atoms with Gasteiger partial charge >= 0.3 is 0 Å². The normalized spacial score (nSPS) is 12.3. The van der Waals surface area contributed by atoms with Crippen molar-refractivity contribution in [2.75, 3.05) is 13.7 Å². The lowest BCUT2D eigenvalue weighted by atomic mass is 10.1. The van der Waals surface area contributed by atoms with Gasteiger partial charge in [-0.05, 0) is 37.1 Å². The number of fused-ring (bicyclic) bond motifs is 1. The van der Waals surface area contributed by atoms with Crippen LogP contribution in [0.15, 0.2) is 24.4 Å². The largest absolute Gasteiger partial charge is 0.497 e. The lowest BCUT2D eigenvalue weighted by molar-refractivity contribution is -0.120. The van der Waals surface area contributed by atoms with Crippen LogP contribution in [0, 0.1) is 0 Å². The van der Waals surface area contributed by atoms with E-state index in [4.69, 9.17) is 9.84 Å². The van der Waals surface area contributed by atoms with E-state index in [0.29, 0.717) is 19.4 Å². The van der Waals surface area contributed by atoms with Gasteiger partial charge in [-0.2, -0.15) is 0 Å². The summed E-state index contributed by atoms with van der Waals surface area (Å²) >= 11 is 0. The standard InChI is InChI=1S/C15H20N2O3/c1-10(18)5-6-16-15(19)7-11-9-17-14-4-3-12(20-2)8-13(11)14/h3-4,8-10,17-18H,5-7H2,1-2H3,(H,16,19). The second-order valence-electron chi connectivity index (χ2n) is 4.89. The number of aromatic nitrogens is 1. The highest BCUT2D eigenvalue weighted by atomic mass is 16.5. The van der Waals surface area contributed by atoms with Crippen LogP contribution in [-0.4, -0.2) is 35.8 Å². The van der Waals surface area contributed by atoms with E-state index in [0.717, 1.165) is 22.2 Å². The molecule has 1 atom stereocenters. The third kappa shape index (κ3) is 3.51. The first-order valence-electron chi connectivity index (χ1n) is 6.69. The predicted octanol–water partition coefficient (Wildman–Crippen LogP) is 1.61. The number of aliphatic hydroxyl groups is 1. The number of carbonyl (C=O) groups excluding carboxylic acids is 1. The second kappa shape index (κ2) is 6.43. The molecule has 0 saturated heterocycles. The average Bonchev–Trinajstić information content (AvgIpc) is 2.80. The van der Waals surface area contributed by atoms with Crippen LogP contribution in [0.3, 0.4) is 0 Å². The number of carbonyl (C=O) groups is 1. The van der Waals surface area contributed by atoms with E-state index < -0.39 is 6.10 Å². The Hall–Kier alpha value is -2.01. The molecule has 0 aliphatic carbocycles. The van der Waals surface area contributed by atoms with Crippen molar-refractivity contribution in [2.24, 2.45) is 0 Å². The lowest BCUT2D eigenvalue weighted by Gasteiger charge is -2.06. The van der Waals surface area contributed by atoms with E-state index in [2.05, 4.69) is 10.3 Å². The number of H-pyrrole nitrogens is 1. The van der Waals surface area contributed by atoms with E-state index >= 15 is 0 Å². The minimum Gasteiger partial charge on any atom is -0.497 e. The Kier molecular flexibility index (Phi) is 4.63. The summed E-state index contributed by atoms with van der Waals surface area (Å²) in [4.78, 5) is 15.0. The fourth-order valence-corrected chi connectivity index (χ4v) is 2.09. The molecule has 2 rings (SSSR count). The monoisotopic (exact) mass is 276 g/mol. The number of hydrogen-bond acceptors (Lipinski definition) is 3. The van der Waals surface area contributed by atoms with Crippen molar-refractivity contribution in [2.45, 2.75) is 25.9 Å². The predicted molar refractivity (Wildman–Crippen MR) is 77.9 cm³/mol. The third-order valence-corrected chi connectivity index (χ3v) is 3.21. The van der Waals surface area contributed by atoms with Crippen LogP contribution < -0.4 is 10.1 Å². The lowest BCUT2D eigenvalue weighted by Crippen LogP contribution is -2.27. The Morgan fingerprint density at radius 3 is 3.00 bits per heavy atom. The first-order chi connectivity index (χ1) is 9.60. The molecular weight excluding hydrogens is 256 g/mol. The third-order valence-electron chi connectivity index (χ3n) is 3.21. The molecule has 108 valence electrons. The molecule has 1 heterocycles. The van der Waals surface area contributed by atoms with Crippen molar-refractivity contribution in [1.29, 1.82) is 0 Å². The number of aliphatic hydroxyl groups excluding tert-OH is 1. The zero-order chi connectivity index (χ0) is 14.5. The van der Waals surface area contributed by atoms with E-state index in [1.165, 1.54) is 0 Å². The Bertz CT molecular complexity index is 590. The number of methoxy groups -OCH3 is 1. The number of nitrogens with one attached hydrogen (secondary N) is 2. The first kappa shape index (κ1) is 14.4. The van der Waals surface area contributed by atoms with E-state index in [1.54, 1.807) is 14.0 Å². The maximum absolute atomic E-state index is 11.9. The molecule has 0 aliphatic heterocycles. The fraction of sp³-hybridized carbons (Fsp3) is 0.400. The summed E-state index contributed by atoms with van der Waals surface area (Å²) in [6.07, 6.45) is 2.33. The molecule has 0 radical (unpaired) electrons. The fourth-order valence-electron chi connectivity index (χ4n) is 2.09. The highest BCUT2D eigenvalue weighted by molar-refractivity contribution is 5.89. The second-order valence-corrected chi connectivity index (χ2v) is 4.89. The molecule has 5 heteroatoms. The van der Waals surface area contributed by atoms with Gasteiger partial charge in [0.15, 0.2) is 0 Å². The maximum atomic E-state index is 11.9. The molecule has 20 heavy (non-hydrogen) atoms. The van der Waals surface area contributed by atoms with Gasteiger partial charge in [-0.3, -0.25) is 4.79 Å². The quantitative estimate of drug-likeness (QED) is 0.750. The number of hydrogen-bond donors (Lipinski definition) is 3. The minimum atomic E-state index is -0.396. The Balaban J connectivity index is 2.03. The molecule has 5 nitrogen and oxygen atoms in total. The van der Waals surface area contributed by atoms with Crippen LogP contribution in [0.4, 0.5) is 0 Å². The zero-order valence-electron chi connectivity index (χ0n) is 11.8. The molecule has 1 aromatic carbocycles. The minimum absolute atomic E-state index is 0.0469. The van der Waals surface area contributed by atoms with Gasteiger partial charge in [0.25, 0.3) is 0 Å². The Morgan fingerprint density at radius 2 is 2.30 bits per heavy atom. The van der Waals surface area contributed by atoms with Gasteiger partial charge in [-0.15, -0.1) is 0 Å². The van der Waals surface area contributed by atoms with Crippen molar-refractivity contribution < 1.29 is 14.6 Å². The summed E-state index contributed by atoms with van der Waals surface area (Å²) in [5.41, 5.74) is 1.92. The molecule has 1 amide bonds. The van der Waals surface area contributed by atoms with Gasteiger partial charge < -0.3 is 20.1 Å². The summed E-state index contributed by atoms with van der Waals surface area (Å²) in [6, 6.07) is 5.73. The summed E-state index contributed by atoms with van der Waals surface area (Å²) < 4.78 is 5.20. The topological polar surface area (TPSA) is 74.4 Å². The molecule has 0 fully saturated rings. The number of ether oxygens (including phenoxy) is 1. The number of benzene rings is 1. The Morgan fingerprint density at radius 1 is 1.50 bits per heavy atom. The van der Waals surface area contributed by atoms with Gasteiger partial charge in [-0.25, -0.2) is 0 Å². The molecule has 0 bridgehead atoms. The van der Waals surface area contributed by atoms with Crippen molar-refractivity contribution >= 4 is 16.8 Å². The zero-order valence-corrected chi connectivity index (χ0v) is 11.8. The average molecular weight is 276 g/mol. The van der Waals surface area contributed by atoms with Crippen LogP contribution in [0.2, 0.25) is 0 Å². The summed E-state index contributed by atoms with van der Waals surface area (Å²) in [5.74, 6) is 0.724. The van der Waals surface area contributed by atoms with Crippen LogP contribution in [0.5, 0.6) is 5.75 Å². The molecule has 1 unspecified atom stereocenters. The van der Waals surface area contributed by atoms with E-state index in [9.17, 15) is 4.79 Å². The van der Waals surface area contributed by atoms with Gasteiger partial charge in [0.2, 0.25) is 5.91 Å². The van der Waals surface area contributed by atoms with Crippen LogP contribution in [0.1, 0.15) is 18.9 Å². The summed E-state index contributed by atoms with van der Waals surface area (Å²) in [7, 11) is 1.62. The van der Waals surface area contributed by atoms with Crippen molar-refractivity contribution in [3.05, 3.63) is 30.0 Å². The van der Waals surface area contributed by atoms with Crippen LogP contribution >= 0.6 is 0 Å². The van der Waals surface area contributed by atoms with Gasteiger partial charge in [0.1, 0.15) is 5.75 Å². The maximum Gasteiger partial charge on any atom is 0.224 e. The molecule has 0 spiro atoms. The smallest absolute Gasteiger partial charge is 0.224 e. The van der Waals surface area contributed by atoms with Gasteiger partial charge in [0.05, 0.1) is 19.6 Å². The van der Waals surface area contributed by atoms with Crippen molar-refractivity contribution in [1.82, 2.24) is 10.3 Å². The molecule has 2 aromatic rings. The summed E-state index contributed by atoms with van der Waals surface area (Å²) in [5, 5.41) is 12.9. The molecule has 1 aromatic heterocycles. The number of rotatable bonds is 6. The SMILES string of the molecule is COc1ccc2[nH]cc(CC(=O)NCCC(C)O)c2c1. The molecule has 0 aliphatic rings. The van der Waals surface area contributed by atoms with Crippen molar-refractivity contribution in [3.8, 4) is 5.75 Å². The number of amides is 1.